The Morgan fingerprint density at radius 2 is 1.94 bits per heavy atom. The number of rotatable bonds is 5. The molecule has 4 heteroatoms. The smallest absolute Gasteiger partial charge is 0.144 e. The van der Waals surface area contributed by atoms with E-state index in [1.54, 1.807) is 6.20 Å². The molecule has 2 rings (SSSR count). The van der Waals surface area contributed by atoms with Gasteiger partial charge in [0, 0.05) is 18.8 Å². The number of hydrogen-bond acceptors (Lipinski definition) is 3. The minimum absolute atomic E-state index is 0.0289. The van der Waals surface area contributed by atoms with Crippen LogP contribution in [-0.2, 0) is 0 Å². The molecule has 18 heavy (non-hydrogen) atoms. The van der Waals surface area contributed by atoms with Gasteiger partial charge >= 0.3 is 0 Å². The Bertz CT molecular complexity index is 487. The maximum Gasteiger partial charge on any atom is 0.144 e. The van der Waals surface area contributed by atoms with Gasteiger partial charge in [-0.3, -0.25) is 0 Å². The number of nitrogens with one attached hydrogen (secondary N) is 1. The van der Waals surface area contributed by atoms with Crippen LogP contribution >= 0.6 is 11.6 Å². The van der Waals surface area contributed by atoms with E-state index in [0.717, 1.165) is 18.5 Å². The minimum Gasteiger partial charge on any atom is -0.369 e. The second-order valence-corrected chi connectivity index (χ2v) is 4.47. The van der Waals surface area contributed by atoms with E-state index in [4.69, 9.17) is 17.3 Å². The number of hydrogen-bond donors (Lipinski definition) is 2. The molecule has 1 aromatic carbocycles. The maximum absolute atomic E-state index is 6.10. The molecular formula is C14H16ClN3. The quantitative estimate of drug-likeness (QED) is 0.869. The van der Waals surface area contributed by atoms with Gasteiger partial charge in [-0.05, 0) is 24.1 Å². The van der Waals surface area contributed by atoms with Crippen molar-refractivity contribution < 1.29 is 0 Å². The molecule has 0 bridgehead atoms. The van der Waals surface area contributed by atoms with Gasteiger partial charge in [0.1, 0.15) is 5.82 Å². The van der Waals surface area contributed by atoms with E-state index in [1.807, 2.05) is 42.5 Å². The van der Waals surface area contributed by atoms with Crippen molar-refractivity contribution >= 4 is 17.4 Å². The molecule has 3 N–H and O–H groups in total. The molecule has 0 radical (unpaired) electrons. The first-order valence-electron chi connectivity index (χ1n) is 5.92. The zero-order valence-corrected chi connectivity index (χ0v) is 10.8. The van der Waals surface area contributed by atoms with Crippen molar-refractivity contribution in [1.82, 2.24) is 4.98 Å². The molecule has 1 atom stereocenters. The van der Waals surface area contributed by atoms with Crippen molar-refractivity contribution in [1.29, 1.82) is 0 Å². The first-order chi connectivity index (χ1) is 8.77. The lowest BCUT2D eigenvalue weighted by atomic mass is 10.1. The molecular weight excluding hydrogens is 246 g/mol. The molecule has 0 fully saturated rings. The molecule has 0 spiro atoms. The summed E-state index contributed by atoms with van der Waals surface area (Å²) >= 11 is 6.00. The number of pyridine rings is 1. The molecule has 2 aromatic rings. The summed E-state index contributed by atoms with van der Waals surface area (Å²) in [6.45, 7) is 0.743. The van der Waals surface area contributed by atoms with Crippen LogP contribution in [0.2, 0.25) is 5.02 Å². The third-order valence-corrected chi connectivity index (χ3v) is 3.04. The Kier molecular flexibility index (Phi) is 4.56. The maximum atomic E-state index is 6.10. The first kappa shape index (κ1) is 12.9. The number of anilines is 1. The second kappa shape index (κ2) is 6.38. The van der Waals surface area contributed by atoms with Gasteiger partial charge in [0.2, 0.25) is 0 Å². The molecule has 1 unspecified atom stereocenters. The number of aromatic nitrogens is 1. The fourth-order valence-electron chi connectivity index (χ4n) is 1.73. The average molecular weight is 262 g/mol. The van der Waals surface area contributed by atoms with Crippen LogP contribution in [0.4, 0.5) is 5.82 Å². The van der Waals surface area contributed by atoms with Gasteiger partial charge in [-0.15, -0.1) is 0 Å². The highest BCUT2D eigenvalue weighted by atomic mass is 35.5. The third kappa shape index (κ3) is 3.45. The van der Waals surface area contributed by atoms with E-state index in [-0.39, 0.29) is 6.04 Å². The summed E-state index contributed by atoms with van der Waals surface area (Å²) in [5, 5.41) is 3.82. The molecule has 0 amide bonds. The monoisotopic (exact) mass is 261 g/mol. The van der Waals surface area contributed by atoms with Crippen molar-refractivity contribution in [2.75, 3.05) is 11.9 Å². The van der Waals surface area contributed by atoms with Crippen LogP contribution < -0.4 is 11.1 Å². The van der Waals surface area contributed by atoms with Crippen molar-refractivity contribution in [2.24, 2.45) is 5.73 Å². The second-order valence-electron chi connectivity index (χ2n) is 4.07. The van der Waals surface area contributed by atoms with Gasteiger partial charge in [0.15, 0.2) is 0 Å². The molecule has 0 saturated heterocycles. The van der Waals surface area contributed by atoms with Crippen molar-refractivity contribution in [3.05, 3.63) is 59.2 Å². The molecule has 0 aliphatic rings. The van der Waals surface area contributed by atoms with Gasteiger partial charge in [-0.2, -0.15) is 0 Å². The molecule has 1 heterocycles. The third-order valence-electron chi connectivity index (χ3n) is 2.73. The van der Waals surface area contributed by atoms with Crippen LogP contribution in [0.5, 0.6) is 0 Å². The van der Waals surface area contributed by atoms with Crippen molar-refractivity contribution in [3.8, 4) is 0 Å². The minimum atomic E-state index is 0.0289. The largest absolute Gasteiger partial charge is 0.369 e. The summed E-state index contributed by atoms with van der Waals surface area (Å²) in [6.07, 6.45) is 2.54. The molecule has 0 aliphatic carbocycles. The van der Waals surface area contributed by atoms with Gasteiger partial charge in [0.05, 0.1) is 5.02 Å². The summed E-state index contributed by atoms with van der Waals surface area (Å²) in [4.78, 5) is 4.16. The SMILES string of the molecule is NC(CCNc1ncccc1Cl)c1ccccc1. The number of halogens is 1. The van der Waals surface area contributed by atoms with E-state index in [2.05, 4.69) is 10.3 Å². The predicted octanol–water partition coefficient (Wildman–Crippen LogP) is 3.24. The van der Waals surface area contributed by atoms with Crippen molar-refractivity contribution in [2.45, 2.75) is 12.5 Å². The Labute approximate surface area is 112 Å². The van der Waals surface area contributed by atoms with E-state index in [9.17, 15) is 0 Å². The summed E-state index contributed by atoms with van der Waals surface area (Å²) in [5.41, 5.74) is 7.25. The van der Waals surface area contributed by atoms with E-state index >= 15 is 0 Å². The Hall–Kier alpha value is -1.58. The zero-order chi connectivity index (χ0) is 12.8. The number of nitrogens with zero attached hydrogens (tertiary/aromatic N) is 1. The normalized spacial score (nSPS) is 12.1. The highest BCUT2D eigenvalue weighted by molar-refractivity contribution is 6.32. The van der Waals surface area contributed by atoms with Crippen molar-refractivity contribution in [3.63, 3.8) is 0 Å². The summed E-state index contributed by atoms with van der Waals surface area (Å²) in [6, 6.07) is 13.7. The van der Waals surface area contributed by atoms with Gasteiger partial charge < -0.3 is 11.1 Å². The lowest BCUT2D eigenvalue weighted by Gasteiger charge is -2.13. The van der Waals surface area contributed by atoms with Crippen LogP contribution in [0.15, 0.2) is 48.7 Å². The highest BCUT2D eigenvalue weighted by Crippen LogP contribution is 2.18. The number of nitrogens with two attached hydrogens (primary N) is 1. The standard InChI is InChI=1S/C14H16ClN3/c15-12-7-4-9-17-14(12)18-10-8-13(16)11-5-2-1-3-6-11/h1-7,9,13H,8,10,16H2,(H,17,18). The van der Waals surface area contributed by atoms with E-state index in [1.165, 1.54) is 0 Å². The molecule has 0 aliphatic heterocycles. The first-order valence-corrected chi connectivity index (χ1v) is 6.30. The van der Waals surface area contributed by atoms with Gasteiger partial charge in [-0.1, -0.05) is 41.9 Å². The van der Waals surface area contributed by atoms with E-state index in [0.29, 0.717) is 10.8 Å². The van der Waals surface area contributed by atoms with Crippen LogP contribution in [0, 0.1) is 0 Å². The lowest BCUT2D eigenvalue weighted by Crippen LogP contribution is -2.15. The molecule has 3 nitrogen and oxygen atoms in total. The van der Waals surface area contributed by atoms with Crippen LogP contribution in [0.25, 0.3) is 0 Å². The topological polar surface area (TPSA) is 50.9 Å². The Morgan fingerprint density at radius 3 is 2.67 bits per heavy atom. The van der Waals surface area contributed by atoms with Gasteiger partial charge in [-0.25, -0.2) is 4.98 Å². The predicted molar refractivity (Wildman–Crippen MR) is 75.7 cm³/mol. The fraction of sp³-hybridized carbons (Fsp3) is 0.214. The zero-order valence-electron chi connectivity index (χ0n) is 10.0. The molecule has 0 saturated carbocycles. The Balaban J connectivity index is 1.84. The molecule has 1 aromatic heterocycles. The van der Waals surface area contributed by atoms with Crippen LogP contribution in [0.3, 0.4) is 0 Å². The van der Waals surface area contributed by atoms with Crippen LogP contribution in [-0.4, -0.2) is 11.5 Å². The number of benzene rings is 1. The summed E-state index contributed by atoms with van der Waals surface area (Å²) in [5.74, 6) is 0.708. The van der Waals surface area contributed by atoms with Crippen LogP contribution in [0.1, 0.15) is 18.0 Å². The lowest BCUT2D eigenvalue weighted by molar-refractivity contribution is 0.674. The average Bonchev–Trinajstić information content (AvgIpc) is 2.42. The fourth-order valence-corrected chi connectivity index (χ4v) is 1.92. The summed E-state index contributed by atoms with van der Waals surface area (Å²) in [7, 11) is 0. The summed E-state index contributed by atoms with van der Waals surface area (Å²) < 4.78 is 0. The molecule has 94 valence electrons. The Morgan fingerprint density at radius 1 is 1.17 bits per heavy atom. The van der Waals surface area contributed by atoms with E-state index < -0.39 is 0 Å². The highest BCUT2D eigenvalue weighted by Gasteiger charge is 2.05. The van der Waals surface area contributed by atoms with Gasteiger partial charge in [0.25, 0.3) is 0 Å².